The Hall–Kier alpha value is -1.65. The zero-order valence-electron chi connectivity index (χ0n) is 14.9. The molecule has 1 aliphatic rings. The van der Waals surface area contributed by atoms with E-state index in [0.717, 1.165) is 15.6 Å². The number of ether oxygens (including phenoxy) is 1. The summed E-state index contributed by atoms with van der Waals surface area (Å²) in [6, 6.07) is 14.7. The summed E-state index contributed by atoms with van der Waals surface area (Å²) in [5.41, 5.74) is -0.361. The number of hydrogen-bond donors (Lipinski definition) is 0. The van der Waals surface area contributed by atoms with Crippen LogP contribution in [0.5, 0.6) is 0 Å². The molecule has 0 saturated carbocycles. The molecule has 0 aliphatic carbocycles. The van der Waals surface area contributed by atoms with Gasteiger partial charge in [0.05, 0.1) is 5.41 Å². The third kappa shape index (κ3) is 3.33. The fourth-order valence-electron chi connectivity index (χ4n) is 3.59. The second-order valence-electron chi connectivity index (χ2n) is 7.52. The number of cyclic esters (lactones) is 1. The van der Waals surface area contributed by atoms with E-state index in [4.69, 9.17) is 16.3 Å². The van der Waals surface area contributed by atoms with Crippen molar-refractivity contribution in [2.45, 2.75) is 33.3 Å². The van der Waals surface area contributed by atoms with Crippen molar-refractivity contribution in [2.24, 2.45) is 10.8 Å². The summed E-state index contributed by atoms with van der Waals surface area (Å²) in [6.45, 7) is 5.35. The SMILES string of the molecule is CC1(C)C(=O)[C@@](C)(Cc2ccc(Br)cc2)C(=O)O[C@@H]1c1ccc(Cl)cc1. The van der Waals surface area contributed by atoms with Crippen LogP contribution in [0.2, 0.25) is 5.02 Å². The van der Waals surface area contributed by atoms with Crippen molar-refractivity contribution < 1.29 is 14.3 Å². The lowest BCUT2D eigenvalue weighted by Crippen LogP contribution is -2.54. The van der Waals surface area contributed by atoms with Crippen LogP contribution in [0.3, 0.4) is 0 Å². The van der Waals surface area contributed by atoms with E-state index >= 15 is 0 Å². The zero-order valence-corrected chi connectivity index (χ0v) is 17.2. The van der Waals surface area contributed by atoms with Gasteiger partial charge in [-0.25, -0.2) is 0 Å². The Morgan fingerprint density at radius 3 is 2.15 bits per heavy atom. The molecule has 1 aliphatic heterocycles. The van der Waals surface area contributed by atoms with Crippen LogP contribution in [0.4, 0.5) is 0 Å². The summed E-state index contributed by atoms with van der Waals surface area (Å²) in [5.74, 6) is -0.589. The van der Waals surface area contributed by atoms with Crippen molar-refractivity contribution in [3.63, 3.8) is 0 Å². The maximum Gasteiger partial charge on any atom is 0.320 e. The minimum Gasteiger partial charge on any atom is -0.456 e. The number of carbonyl (C=O) groups is 2. The van der Waals surface area contributed by atoms with Crippen LogP contribution in [0.15, 0.2) is 53.0 Å². The van der Waals surface area contributed by atoms with E-state index in [0.29, 0.717) is 11.4 Å². The van der Waals surface area contributed by atoms with Crippen molar-refractivity contribution in [1.29, 1.82) is 0 Å². The van der Waals surface area contributed by atoms with Crippen molar-refractivity contribution in [2.75, 3.05) is 0 Å². The van der Waals surface area contributed by atoms with Gasteiger partial charge in [-0.1, -0.05) is 51.8 Å². The summed E-state index contributed by atoms with van der Waals surface area (Å²) in [7, 11) is 0. The number of ketones is 1. The van der Waals surface area contributed by atoms with E-state index in [9.17, 15) is 9.59 Å². The number of Topliss-reactive ketones (excluding diaryl/α,β-unsaturated/α-hetero) is 1. The van der Waals surface area contributed by atoms with Gasteiger partial charge in [0.1, 0.15) is 11.5 Å². The Morgan fingerprint density at radius 1 is 1.00 bits per heavy atom. The molecule has 0 bridgehead atoms. The van der Waals surface area contributed by atoms with E-state index in [1.165, 1.54) is 0 Å². The molecule has 1 saturated heterocycles. The van der Waals surface area contributed by atoms with Gasteiger partial charge in [-0.05, 0) is 62.6 Å². The average Bonchev–Trinajstić information content (AvgIpc) is 2.60. The molecule has 3 rings (SSSR count). The molecule has 0 amide bonds. The molecule has 2 aromatic rings. The molecular weight excluding hydrogens is 416 g/mol. The van der Waals surface area contributed by atoms with Crippen LogP contribution >= 0.6 is 27.5 Å². The van der Waals surface area contributed by atoms with Gasteiger partial charge in [-0.15, -0.1) is 0 Å². The number of rotatable bonds is 3. The van der Waals surface area contributed by atoms with Gasteiger partial charge in [-0.3, -0.25) is 9.59 Å². The molecule has 0 spiro atoms. The van der Waals surface area contributed by atoms with Gasteiger partial charge >= 0.3 is 5.97 Å². The molecule has 136 valence electrons. The third-order valence-electron chi connectivity index (χ3n) is 5.06. The van der Waals surface area contributed by atoms with Crippen molar-refractivity contribution >= 4 is 39.3 Å². The van der Waals surface area contributed by atoms with E-state index < -0.39 is 22.9 Å². The van der Waals surface area contributed by atoms with Gasteiger partial charge in [-0.2, -0.15) is 0 Å². The topological polar surface area (TPSA) is 43.4 Å². The number of benzene rings is 2. The first-order valence-electron chi connectivity index (χ1n) is 8.40. The second-order valence-corrected chi connectivity index (χ2v) is 8.88. The first-order valence-corrected chi connectivity index (χ1v) is 9.57. The third-order valence-corrected chi connectivity index (χ3v) is 5.84. The molecule has 5 heteroatoms. The molecule has 2 aromatic carbocycles. The molecule has 0 radical (unpaired) electrons. The lowest BCUT2D eigenvalue weighted by Gasteiger charge is -2.44. The van der Waals surface area contributed by atoms with Crippen LogP contribution in [-0.2, 0) is 20.7 Å². The molecule has 1 fully saturated rings. The van der Waals surface area contributed by atoms with Crippen LogP contribution < -0.4 is 0 Å². The van der Waals surface area contributed by atoms with Gasteiger partial charge in [0.15, 0.2) is 5.78 Å². The van der Waals surface area contributed by atoms with Crippen LogP contribution in [0.1, 0.15) is 38.0 Å². The molecule has 1 heterocycles. The highest BCUT2D eigenvalue weighted by Crippen LogP contribution is 2.49. The molecule has 0 N–H and O–H groups in total. The fraction of sp³-hybridized carbons (Fsp3) is 0.333. The molecule has 2 atom stereocenters. The van der Waals surface area contributed by atoms with Crippen LogP contribution in [0.25, 0.3) is 0 Å². The van der Waals surface area contributed by atoms with Gasteiger partial charge in [0, 0.05) is 9.50 Å². The quantitative estimate of drug-likeness (QED) is 0.469. The van der Waals surface area contributed by atoms with Gasteiger partial charge in [0.25, 0.3) is 0 Å². The summed E-state index contributed by atoms with van der Waals surface area (Å²) in [4.78, 5) is 26.2. The smallest absolute Gasteiger partial charge is 0.320 e. The monoisotopic (exact) mass is 434 g/mol. The van der Waals surface area contributed by atoms with E-state index in [1.54, 1.807) is 31.2 Å². The number of halogens is 2. The highest BCUT2D eigenvalue weighted by Gasteiger charge is 2.57. The maximum absolute atomic E-state index is 13.4. The van der Waals surface area contributed by atoms with Gasteiger partial charge in [0.2, 0.25) is 0 Å². The highest BCUT2D eigenvalue weighted by molar-refractivity contribution is 9.10. The average molecular weight is 436 g/mol. The summed E-state index contributed by atoms with van der Waals surface area (Å²) in [6.07, 6.45) is -0.313. The number of esters is 1. The lowest BCUT2D eigenvalue weighted by atomic mass is 9.64. The first kappa shape index (κ1) is 19.1. The minimum atomic E-state index is -1.21. The van der Waals surface area contributed by atoms with E-state index in [-0.39, 0.29) is 5.78 Å². The predicted octanol–water partition coefficient (Wildman–Crippen LogP) is 5.54. The van der Waals surface area contributed by atoms with Crippen LogP contribution in [0, 0.1) is 10.8 Å². The standard InChI is InChI=1S/C21H20BrClO3/c1-20(2)17(14-6-10-16(23)11-7-14)26-19(25)21(3,18(20)24)12-13-4-8-15(22)9-5-13/h4-11,17H,12H2,1-3H3/t17-,21-/m1/s1. The summed E-state index contributed by atoms with van der Waals surface area (Å²) in [5, 5.41) is 0.597. The van der Waals surface area contributed by atoms with E-state index in [2.05, 4.69) is 15.9 Å². The highest BCUT2D eigenvalue weighted by atomic mass is 79.9. The molecule has 3 nitrogen and oxygen atoms in total. The summed E-state index contributed by atoms with van der Waals surface area (Å²) >= 11 is 9.34. The Labute approximate surface area is 166 Å². The first-order chi connectivity index (χ1) is 12.1. The summed E-state index contributed by atoms with van der Waals surface area (Å²) < 4.78 is 6.75. The van der Waals surface area contributed by atoms with Crippen molar-refractivity contribution in [1.82, 2.24) is 0 Å². The molecule has 0 unspecified atom stereocenters. The van der Waals surface area contributed by atoms with Gasteiger partial charge < -0.3 is 4.74 Å². The lowest BCUT2D eigenvalue weighted by molar-refractivity contribution is -0.188. The Bertz CT molecular complexity index is 843. The van der Waals surface area contributed by atoms with Crippen molar-refractivity contribution in [3.05, 3.63) is 69.2 Å². The minimum absolute atomic E-state index is 0.107. The Morgan fingerprint density at radius 2 is 1.58 bits per heavy atom. The van der Waals surface area contributed by atoms with E-state index in [1.807, 2.05) is 38.1 Å². The second kappa shape index (κ2) is 6.82. The fourth-order valence-corrected chi connectivity index (χ4v) is 3.98. The number of carbonyl (C=O) groups excluding carboxylic acids is 2. The maximum atomic E-state index is 13.4. The number of hydrogen-bond acceptors (Lipinski definition) is 3. The Balaban J connectivity index is 1.94. The molecular formula is C21H20BrClO3. The molecule has 26 heavy (non-hydrogen) atoms. The normalized spacial score (nSPS) is 25.0. The predicted molar refractivity (Wildman–Crippen MR) is 105 cm³/mol. The zero-order chi connectivity index (χ0) is 19.1. The largest absolute Gasteiger partial charge is 0.456 e. The Kier molecular flexibility index (Phi) is 5.02. The molecule has 0 aromatic heterocycles. The van der Waals surface area contributed by atoms with Crippen molar-refractivity contribution in [3.8, 4) is 0 Å². The van der Waals surface area contributed by atoms with Crippen LogP contribution in [-0.4, -0.2) is 11.8 Å².